The molecule has 1 heterocycles. The second-order valence-corrected chi connectivity index (χ2v) is 6.94. The molecule has 120 valence electrons. The third kappa shape index (κ3) is 3.75. The highest BCUT2D eigenvalue weighted by Crippen LogP contribution is 2.24. The van der Waals surface area contributed by atoms with Crippen LogP contribution in [0.25, 0.3) is 0 Å². The van der Waals surface area contributed by atoms with Gasteiger partial charge in [-0.2, -0.15) is 10.2 Å². The molecule has 0 fully saturated rings. The minimum absolute atomic E-state index is 0.252. The van der Waals surface area contributed by atoms with E-state index in [2.05, 4.69) is 15.5 Å². The highest BCUT2D eigenvalue weighted by Gasteiger charge is 2.31. The molecule has 0 aliphatic carbocycles. The molecule has 6 heteroatoms. The predicted molar refractivity (Wildman–Crippen MR) is 84.6 cm³/mol. The minimum Gasteiger partial charge on any atom is -0.340 e. The number of carbonyl (C=O) groups is 1. The van der Waals surface area contributed by atoms with Crippen LogP contribution in [0.4, 0.5) is 0 Å². The van der Waals surface area contributed by atoms with E-state index in [1.807, 2.05) is 40.7 Å². The number of aromatic nitrogens is 2. The zero-order chi connectivity index (χ0) is 17.3. The molecule has 2 rings (SSSR count). The second-order valence-electron chi connectivity index (χ2n) is 6.94. The van der Waals surface area contributed by atoms with Crippen LogP contribution in [0.2, 0.25) is 0 Å². The van der Waals surface area contributed by atoms with E-state index in [-0.39, 0.29) is 11.3 Å². The summed E-state index contributed by atoms with van der Waals surface area (Å²) in [6.45, 7) is 9.56. The summed E-state index contributed by atoms with van der Waals surface area (Å²) < 4.78 is 5.28. The number of amides is 1. The fourth-order valence-electron chi connectivity index (χ4n) is 1.89. The van der Waals surface area contributed by atoms with Crippen LogP contribution in [0, 0.1) is 11.3 Å². The first-order chi connectivity index (χ1) is 10.6. The number of rotatable bonds is 3. The van der Waals surface area contributed by atoms with Crippen LogP contribution < -0.4 is 5.32 Å². The molecule has 2 aromatic rings. The molecule has 6 nitrogen and oxygen atoms in total. The molecular formula is C17H20N4O2. The van der Waals surface area contributed by atoms with Gasteiger partial charge in [0.15, 0.2) is 5.82 Å². The number of hydrogen-bond acceptors (Lipinski definition) is 5. The van der Waals surface area contributed by atoms with Gasteiger partial charge in [0.2, 0.25) is 5.89 Å². The zero-order valence-electron chi connectivity index (χ0n) is 14.0. The summed E-state index contributed by atoms with van der Waals surface area (Å²) in [7, 11) is 0. The van der Waals surface area contributed by atoms with Gasteiger partial charge in [0.05, 0.1) is 17.2 Å². The van der Waals surface area contributed by atoms with Crippen molar-refractivity contribution in [3.8, 4) is 6.07 Å². The van der Waals surface area contributed by atoms with Crippen LogP contribution in [0.3, 0.4) is 0 Å². The molecule has 0 radical (unpaired) electrons. The van der Waals surface area contributed by atoms with E-state index >= 15 is 0 Å². The van der Waals surface area contributed by atoms with Gasteiger partial charge in [-0.1, -0.05) is 25.9 Å². The molecule has 0 atom stereocenters. The van der Waals surface area contributed by atoms with Crippen LogP contribution in [0.1, 0.15) is 62.3 Å². The normalized spacial score (nSPS) is 11.8. The van der Waals surface area contributed by atoms with E-state index in [9.17, 15) is 4.79 Å². The molecule has 0 aliphatic rings. The summed E-state index contributed by atoms with van der Waals surface area (Å²) in [5.41, 5.74) is -0.0541. The molecule has 1 amide bonds. The lowest BCUT2D eigenvalue weighted by atomic mass is 9.96. The Morgan fingerprint density at radius 2 is 1.78 bits per heavy atom. The SMILES string of the molecule is CC(C)(C)c1nc(C(C)(C)NC(=O)c2ccc(C#N)cc2)no1. The monoisotopic (exact) mass is 312 g/mol. The van der Waals surface area contributed by atoms with Gasteiger partial charge in [0.1, 0.15) is 0 Å². The molecule has 1 aromatic heterocycles. The maximum Gasteiger partial charge on any atom is 0.252 e. The van der Waals surface area contributed by atoms with Crippen LogP contribution in [-0.2, 0) is 11.0 Å². The first-order valence-electron chi connectivity index (χ1n) is 7.31. The second kappa shape index (κ2) is 5.84. The van der Waals surface area contributed by atoms with Gasteiger partial charge < -0.3 is 9.84 Å². The van der Waals surface area contributed by atoms with Gasteiger partial charge in [-0.15, -0.1) is 0 Å². The Morgan fingerprint density at radius 3 is 2.26 bits per heavy atom. The molecule has 0 aliphatic heterocycles. The number of nitrogens with zero attached hydrogens (tertiary/aromatic N) is 3. The van der Waals surface area contributed by atoms with E-state index < -0.39 is 5.54 Å². The third-order valence-corrected chi connectivity index (χ3v) is 3.33. The summed E-state index contributed by atoms with van der Waals surface area (Å²) in [5.74, 6) is 0.680. The topological polar surface area (TPSA) is 91.8 Å². The highest BCUT2D eigenvalue weighted by atomic mass is 16.5. The summed E-state index contributed by atoms with van der Waals surface area (Å²) in [6.07, 6.45) is 0. The van der Waals surface area contributed by atoms with Crippen molar-refractivity contribution in [1.29, 1.82) is 5.26 Å². The van der Waals surface area contributed by atoms with E-state index in [1.54, 1.807) is 24.3 Å². The Kier molecular flexibility index (Phi) is 4.24. The Bertz CT molecular complexity index is 746. The molecule has 0 spiro atoms. The summed E-state index contributed by atoms with van der Waals surface area (Å²) >= 11 is 0. The van der Waals surface area contributed by atoms with E-state index in [4.69, 9.17) is 9.78 Å². The lowest BCUT2D eigenvalue weighted by Crippen LogP contribution is -2.42. The lowest BCUT2D eigenvalue weighted by Gasteiger charge is -2.22. The molecule has 0 bridgehead atoms. The Labute approximate surface area is 135 Å². The summed E-state index contributed by atoms with van der Waals surface area (Å²) in [4.78, 5) is 16.7. The fraction of sp³-hybridized carbons (Fsp3) is 0.412. The number of nitriles is 1. The minimum atomic E-state index is -0.780. The van der Waals surface area contributed by atoms with Gasteiger partial charge in [0, 0.05) is 11.0 Å². The van der Waals surface area contributed by atoms with Crippen LogP contribution in [0.5, 0.6) is 0 Å². The van der Waals surface area contributed by atoms with Crippen LogP contribution in [-0.4, -0.2) is 16.0 Å². The van der Waals surface area contributed by atoms with Crippen molar-refractivity contribution in [2.75, 3.05) is 0 Å². The standard InChI is InChI=1S/C17H20N4O2/c1-16(2,3)15-19-14(21-23-15)17(4,5)20-13(22)12-8-6-11(10-18)7-9-12/h6-9H,1-5H3,(H,20,22). The van der Waals surface area contributed by atoms with Crippen molar-refractivity contribution in [2.24, 2.45) is 0 Å². The molecule has 23 heavy (non-hydrogen) atoms. The van der Waals surface area contributed by atoms with Crippen molar-refractivity contribution in [1.82, 2.24) is 15.5 Å². The zero-order valence-corrected chi connectivity index (χ0v) is 14.0. The van der Waals surface area contributed by atoms with Crippen molar-refractivity contribution in [2.45, 2.75) is 45.6 Å². The van der Waals surface area contributed by atoms with E-state index in [0.29, 0.717) is 22.8 Å². The van der Waals surface area contributed by atoms with Gasteiger partial charge in [-0.25, -0.2) is 0 Å². The number of benzene rings is 1. The Balaban J connectivity index is 2.18. The van der Waals surface area contributed by atoms with Gasteiger partial charge in [0.25, 0.3) is 5.91 Å². The van der Waals surface area contributed by atoms with Gasteiger partial charge >= 0.3 is 0 Å². The van der Waals surface area contributed by atoms with E-state index in [1.165, 1.54) is 0 Å². The third-order valence-electron chi connectivity index (χ3n) is 3.33. The predicted octanol–water partition coefficient (Wildman–Crippen LogP) is 2.90. The highest BCUT2D eigenvalue weighted by molar-refractivity contribution is 5.94. The average Bonchev–Trinajstić information content (AvgIpc) is 2.97. The maximum absolute atomic E-state index is 12.4. The molecule has 0 unspecified atom stereocenters. The molecule has 1 N–H and O–H groups in total. The summed E-state index contributed by atoms with van der Waals surface area (Å²) in [5, 5.41) is 15.7. The fourth-order valence-corrected chi connectivity index (χ4v) is 1.89. The van der Waals surface area contributed by atoms with E-state index in [0.717, 1.165) is 0 Å². The number of carbonyl (C=O) groups excluding carboxylic acids is 1. The lowest BCUT2D eigenvalue weighted by molar-refractivity contribution is 0.0907. The Morgan fingerprint density at radius 1 is 1.17 bits per heavy atom. The molecular weight excluding hydrogens is 292 g/mol. The first kappa shape index (κ1) is 16.7. The smallest absolute Gasteiger partial charge is 0.252 e. The summed E-state index contributed by atoms with van der Waals surface area (Å²) in [6, 6.07) is 8.45. The van der Waals surface area contributed by atoms with Crippen molar-refractivity contribution in [3.05, 3.63) is 47.1 Å². The van der Waals surface area contributed by atoms with Crippen molar-refractivity contribution in [3.63, 3.8) is 0 Å². The largest absolute Gasteiger partial charge is 0.340 e. The van der Waals surface area contributed by atoms with Crippen molar-refractivity contribution >= 4 is 5.91 Å². The van der Waals surface area contributed by atoms with Crippen LogP contribution in [0.15, 0.2) is 28.8 Å². The first-order valence-corrected chi connectivity index (χ1v) is 7.31. The Hall–Kier alpha value is -2.68. The van der Waals surface area contributed by atoms with Crippen molar-refractivity contribution < 1.29 is 9.32 Å². The van der Waals surface area contributed by atoms with Gasteiger partial charge in [-0.3, -0.25) is 4.79 Å². The van der Waals surface area contributed by atoms with Gasteiger partial charge in [-0.05, 0) is 38.1 Å². The number of nitrogens with one attached hydrogen (secondary N) is 1. The number of hydrogen-bond donors (Lipinski definition) is 1. The van der Waals surface area contributed by atoms with Crippen LogP contribution >= 0.6 is 0 Å². The molecule has 0 saturated carbocycles. The quantitative estimate of drug-likeness (QED) is 0.940. The molecule has 1 aromatic carbocycles. The average molecular weight is 312 g/mol. The maximum atomic E-state index is 12.4. The molecule has 0 saturated heterocycles.